The monoisotopic (exact) mass is 308 g/mol. The maximum absolute atomic E-state index is 12.5. The molecule has 2 aromatic rings. The van der Waals surface area contributed by atoms with Crippen LogP contribution in [-0.2, 0) is 14.8 Å². The van der Waals surface area contributed by atoms with Gasteiger partial charge in [-0.3, -0.25) is 9.78 Å². The van der Waals surface area contributed by atoms with Crippen LogP contribution < -0.4 is 4.72 Å². The van der Waals surface area contributed by atoms with Crippen LogP contribution in [0.1, 0.15) is 19.8 Å². The number of carboxylic acids is 1. The van der Waals surface area contributed by atoms with Gasteiger partial charge in [-0.05, 0) is 18.6 Å². The largest absolute Gasteiger partial charge is 0.481 e. The molecule has 21 heavy (non-hydrogen) atoms. The molecule has 0 saturated carbocycles. The summed E-state index contributed by atoms with van der Waals surface area (Å²) in [6.07, 6.45) is 3.26. The second-order valence-corrected chi connectivity index (χ2v) is 6.36. The van der Waals surface area contributed by atoms with Gasteiger partial charge in [-0.2, -0.15) is 0 Å². The summed E-state index contributed by atoms with van der Waals surface area (Å²) in [6.45, 7) is 1.74. The highest BCUT2D eigenvalue weighted by atomic mass is 32.2. The van der Waals surface area contributed by atoms with E-state index in [1.54, 1.807) is 31.3 Å². The Hall–Kier alpha value is -1.99. The van der Waals surface area contributed by atoms with Gasteiger partial charge in [0, 0.05) is 29.2 Å². The van der Waals surface area contributed by atoms with E-state index in [2.05, 4.69) is 9.71 Å². The van der Waals surface area contributed by atoms with Crippen molar-refractivity contribution in [2.75, 3.05) is 0 Å². The lowest BCUT2D eigenvalue weighted by molar-refractivity contribution is -0.137. The molecule has 0 bridgehead atoms. The van der Waals surface area contributed by atoms with Crippen molar-refractivity contribution in [1.82, 2.24) is 9.71 Å². The maximum atomic E-state index is 12.5. The zero-order chi connectivity index (χ0) is 15.5. The Morgan fingerprint density at radius 3 is 2.81 bits per heavy atom. The Balaban J connectivity index is 2.40. The number of aliphatic carboxylic acids is 1. The van der Waals surface area contributed by atoms with Crippen LogP contribution in [0.15, 0.2) is 41.6 Å². The van der Waals surface area contributed by atoms with Crippen LogP contribution in [0.5, 0.6) is 0 Å². The molecule has 112 valence electrons. The summed E-state index contributed by atoms with van der Waals surface area (Å²) in [5.74, 6) is -1.04. The van der Waals surface area contributed by atoms with Gasteiger partial charge in [-0.1, -0.05) is 19.1 Å². The smallest absolute Gasteiger partial charge is 0.304 e. The second kappa shape index (κ2) is 6.19. The fourth-order valence-electron chi connectivity index (χ4n) is 2.09. The first-order valence-electron chi connectivity index (χ1n) is 6.51. The highest BCUT2D eigenvalue weighted by Gasteiger charge is 2.22. The van der Waals surface area contributed by atoms with Crippen LogP contribution in [0.4, 0.5) is 0 Å². The van der Waals surface area contributed by atoms with Crippen molar-refractivity contribution >= 4 is 26.8 Å². The summed E-state index contributed by atoms with van der Waals surface area (Å²) >= 11 is 0. The predicted octanol–water partition coefficient (Wildman–Crippen LogP) is 1.77. The Labute approximate surface area is 122 Å². The third-order valence-electron chi connectivity index (χ3n) is 3.17. The topological polar surface area (TPSA) is 96.4 Å². The minimum atomic E-state index is -3.78. The number of aromatic nitrogens is 1. The van der Waals surface area contributed by atoms with Crippen molar-refractivity contribution in [3.8, 4) is 0 Å². The molecule has 1 atom stereocenters. The number of rotatable bonds is 6. The summed E-state index contributed by atoms with van der Waals surface area (Å²) in [5.41, 5.74) is 0. The van der Waals surface area contributed by atoms with E-state index in [-0.39, 0.29) is 11.3 Å². The molecule has 1 aromatic carbocycles. The van der Waals surface area contributed by atoms with Crippen LogP contribution in [-0.4, -0.2) is 30.5 Å². The van der Waals surface area contributed by atoms with Crippen LogP contribution in [0.25, 0.3) is 10.8 Å². The molecule has 1 heterocycles. The highest BCUT2D eigenvalue weighted by molar-refractivity contribution is 7.89. The second-order valence-electron chi connectivity index (χ2n) is 4.68. The van der Waals surface area contributed by atoms with E-state index in [9.17, 15) is 13.2 Å². The predicted molar refractivity (Wildman–Crippen MR) is 78.4 cm³/mol. The average molecular weight is 308 g/mol. The van der Waals surface area contributed by atoms with Crippen LogP contribution in [0.2, 0.25) is 0 Å². The van der Waals surface area contributed by atoms with Crippen molar-refractivity contribution in [2.24, 2.45) is 0 Å². The number of nitrogens with zero attached hydrogens (tertiary/aromatic N) is 1. The van der Waals surface area contributed by atoms with Crippen molar-refractivity contribution in [1.29, 1.82) is 0 Å². The van der Waals surface area contributed by atoms with E-state index in [4.69, 9.17) is 5.11 Å². The zero-order valence-corrected chi connectivity index (χ0v) is 12.3. The summed E-state index contributed by atoms with van der Waals surface area (Å²) in [6, 6.07) is 5.90. The number of hydrogen-bond acceptors (Lipinski definition) is 4. The number of carboxylic acid groups (broad SMARTS) is 1. The molecule has 0 spiro atoms. The lowest BCUT2D eigenvalue weighted by Crippen LogP contribution is -2.36. The van der Waals surface area contributed by atoms with Gasteiger partial charge in [0.2, 0.25) is 10.0 Å². The Kier molecular flexibility index (Phi) is 4.54. The van der Waals surface area contributed by atoms with E-state index in [0.717, 1.165) is 0 Å². The Morgan fingerprint density at radius 2 is 2.14 bits per heavy atom. The summed E-state index contributed by atoms with van der Waals surface area (Å²) in [7, 11) is -3.78. The molecular formula is C14H16N2O4S. The SMILES string of the molecule is CCC(CC(=O)O)NS(=O)(=O)c1cccc2cnccc12. The molecule has 0 aliphatic rings. The van der Waals surface area contributed by atoms with E-state index in [1.807, 2.05) is 0 Å². The highest BCUT2D eigenvalue weighted by Crippen LogP contribution is 2.22. The number of carbonyl (C=O) groups is 1. The number of nitrogens with one attached hydrogen (secondary N) is 1. The number of benzene rings is 1. The first kappa shape index (κ1) is 15.4. The van der Waals surface area contributed by atoms with Crippen LogP contribution >= 0.6 is 0 Å². The fraction of sp³-hybridized carbons (Fsp3) is 0.286. The van der Waals surface area contributed by atoms with Crippen molar-refractivity contribution < 1.29 is 18.3 Å². The fourth-order valence-corrected chi connectivity index (χ4v) is 3.64. The third-order valence-corrected chi connectivity index (χ3v) is 4.74. The number of pyridine rings is 1. The molecule has 6 nitrogen and oxygen atoms in total. The van der Waals surface area contributed by atoms with Crippen LogP contribution in [0, 0.1) is 0 Å². The van der Waals surface area contributed by atoms with Crippen LogP contribution in [0.3, 0.4) is 0 Å². The van der Waals surface area contributed by atoms with Crippen molar-refractivity contribution in [3.05, 3.63) is 36.7 Å². The van der Waals surface area contributed by atoms with E-state index in [0.29, 0.717) is 17.2 Å². The molecule has 1 unspecified atom stereocenters. The van der Waals surface area contributed by atoms with Crippen molar-refractivity contribution in [3.63, 3.8) is 0 Å². The van der Waals surface area contributed by atoms with Gasteiger partial charge in [-0.15, -0.1) is 0 Å². The molecule has 1 aromatic heterocycles. The van der Waals surface area contributed by atoms with Gasteiger partial charge in [-0.25, -0.2) is 13.1 Å². The lowest BCUT2D eigenvalue weighted by Gasteiger charge is -2.16. The molecule has 2 rings (SSSR count). The quantitative estimate of drug-likeness (QED) is 0.847. The zero-order valence-electron chi connectivity index (χ0n) is 11.5. The molecular weight excluding hydrogens is 292 g/mol. The molecule has 0 aliphatic carbocycles. The average Bonchev–Trinajstić information content (AvgIpc) is 2.45. The molecule has 0 amide bonds. The van der Waals surface area contributed by atoms with E-state index >= 15 is 0 Å². The normalized spacial score (nSPS) is 13.2. The van der Waals surface area contributed by atoms with E-state index in [1.165, 1.54) is 12.3 Å². The Bertz CT molecular complexity index is 753. The molecule has 0 saturated heterocycles. The molecule has 0 fully saturated rings. The van der Waals surface area contributed by atoms with Gasteiger partial charge in [0.1, 0.15) is 0 Å². The summed E-state index contributed by atoms with van der Waals surface area (Å²) in [4.78, 5) is 14.9. The number of fused-ring (bicyclic) bond motifs is 1. The summed E-state index contributed by atoms with van der Waals surface area (Å²) < 4.78 is 27.4. The first-order valence-corrected chi connectivity index (χ1v) is 7.99. The number of hydrogen-bond donors (Lipinski definition) is 2. The summed E-state index contributed by atoms with van der Waals surface area (Å²) in [5, 5.41) is 10.1. The van der Waals surface area contributed by atoms with Gasteiger partial charge in [0.05, 0.1) is 11.3 Å². The first-order chi connectivity index (χ1) is 9.94. The standard InChI is InChI=1S/C14H16N2O4S/c1-2-11(8-14(17)18)16-21(19,20)13-5-3-4-10-9-15-7-6-12(10)13/h3-7,9,11,16H,2,8H2,1H3,(H,17,18). The molecule has 0 radical (unpaired) electrons. The molecule has 2 N–H and O–H groups in total. The van der Waals surface area contributed by atoms with Gasteiger partial charge in [0.25, 0.3) is 0 Å². The minimum absolute atomic E-state index is 0.131. The Morgan fingerprint density at radius 1 is 1.38 bits per heavy atom. The van der Waals surface area contributed by atoms with E-state index < -0.39 is 22.0 Å². The van der Waals surface area contributed by atoms with Gasteiger partial charge >= 0.3 is 5.97 Å². The van der Waals surface area contributed by atoms with Crippen molar-refractivity contribution in [2.45, 2.75) is 30.7 Å². The maximum Gasteiger partial charge on any atom is 0.304 e. The molecule has 7 heteroatoms. The minimum Gasteiger partial charge on any atom is -0.481 e. The van der Waals surface area contributed by atoms with Gasteiger partial charge in [0.15, 0.2) is 0 Å². The van der Waals surface area contributed by atoms with Gasteiger partial charge < -0.3 is 5.11 Å². The lowest BCUT2D eigenvalue weighted by atomic mass is 10.2. The molecule has 0 aliphatic heterocycles. The number of sulfonamides is 1. The third kappa shape index (κ3) is 3.56.